The molecule has 2 aromatic rings. The summed E-state index contributed by atoms with van der Waals surface area (Å²) in [4.78, 5) is 24.0. The Kier molecular flexibility index (Phi) is 4.88. The van der Waals surface area contributed by atoms with Gasteiger partial charge in [0.1, 0.15) is 6.04 Å². The highest BCUT2D eigenvalue weighted by Crippen LogP contribution is 2.22. The molecule has 2 unspecified atom stereocenters. The van der Waals surface area contributed by atoms with Crippen molar-refractivity contribution < 1.29 is 14.3 Å². The van der Waals surface area contributed by atoms with Gasteiger partial charge in [0.25, 0.3) is 0 Å². The Morgan fingerprint density at radius 2 is 1.88 bits per heavy atom. The van der Waals surface area contributed by atoms with Crippen LogP contribution < -0.4 is 16.2 Å². The summed E-state index contributed by atoms with van der Waals surface area (Å²) in [5, 5.41) is 2.83. The first-order valence-corrected chi connectivity index (χ1v) is 7.72. The molecule has 6 nitrogen and oxygen atoms in total. The van der Waals surface area contributed by atoms with Gasteiger partial charge in [-0.3, -0.25) is 4.79 Å². The number of hydrogen-bond donors (Lipinski definition) is 3. The standard InChI is InChI=1S/C18H19N3O3/c1-24-18(23)13-8-5-9-14(10-13)19-17(22)16-11-15(20-21-16)12-6-3-2-4-7-12/h2-10,15-16,20-21H,11H2,1H3,(H,19,22). The van der Waals surface area contributed by atoms with Crippen LogP contribution in [0.1, 0.15) is 28.4 Å². The molecule has 0 aliphatic carbocycles. The Labute approximate surface area is 140 Å². The van der Waals surface area contributed by atoms with Crippen molar-refractivity contribution in [1.82, 2.24) is 10.9 Å². The number of rotatable bonds is 4. The van der Waals surface area contributed by atoms with Gasteiger partial charge >= 0.3 is 5.97 Å². The molecule has 0 bridgehead atoms. The van der Waals surface area contributed by atoms with E-state index in [0.29, 0.717) is 17.7 Å². The number of hydrogen-bond acceptors (Lipinski definition) is 5. The van der Waals surface area contributed by atoms with Crippen LogP contribution in [0.2, 0.25) is 0 Å². The molecular formula is C18H19N3O3. The number of hydrazine groups is 1. The predicted octanol–water partition coefficient (Wildman–Crippen LogP) is 2.02. The zero-order chi connectivity index (χ0) is 16.9. The second-order valence-electron chi connectivity index (χ2n) is 5.60. The Morgan fingerprint density at radius 1 is 1.08 bits per heavy atom. The average molecular weight is 325 g/mol. The minimum atomic E-state index is -0.434. The quantitative estimate of drug-likeness (QED) is 0.750. The number of carbonyl (C=O) groups excluding carboxylic acids is 2. The van der Waals surface area contributed by atoms with Crippen LogP contribution in [-0.4, -0.2) is 25.0 Å². The van der Waals surface area contributed by atoms with Gasteiger partial charge < -0.3 is 10.1 Å². The van der Waals surface area contributed by atoms with Gasteiger partial charge in [0.2, 0.25) is 5.91 Å². The predicted molar refractivity (Wildman–Crippen MR) is 90.3 cm³/mol. The molecule has 124 valence electrons. The molecule has 6 heteroatoms. The van der Waals surface area contributed by atoms with E-state index in [0.717, 1.165) is 5.56 Å². The third kappa shape index (κ3) is 3.61. The summed E-state index contributed by atoms with van der Waals surface area (Å²) in [5.41, 5.74) is 8.26. The average Bonchev–Trinajstić information content (AvgIpc) is 3.12. The number of anilines is 1. The molecule has 3 rings (SSSR count). The molecule has 0 radical (unpaired) electrons. The van der Waals surface area contributed by atoms with Gasteiger partial charge in [0.15, 0.2) is 0 Å². The Bertz CT molecular complexity index is 733. The molecule has 1 aliphatic heterocycles. The molecule has 0 spiro atoms. The van der Waals surface area contributed by atoms with Gasteiger partial charge in [0.05, 0.1) is 12.7 Å². The van der Waals surface area contributed by atoms with Gasteiger partial charge in [-0.1, -0.05) is 36.4 Å². The summed E-state index contributed by atoms with van der Waals surface area (Å²) in [5.74, 6) is -0.584. The zero-order valence-electron chi connectivity index (χ0n) is 13.3. The van der Waals surface area contributed by atoms with Crippen LogP contribution in [0.5, 0.6) is 0 Å². The van der Waals surface area contributed by atoms with Crippen molar-refractivity contribution in [3.63, 3.8) is 0 Å². The lowest BCUT2D eigenvalue weighted by molar-refractivity contribution is -0.117. The molecule has 1 amide bonds. The lowest BCUT2D eigenvalue weighted by Crippen LogP contribution is -2.39. The summed E-state index contributed by atoms with van der Waals surface area (Å²) in [7, 11) is 1.32. The van der Waals surface area contributed by atoms with E-state index in [4.69, 9.17) is 0 Å². The number of nitrogens with one attached hydrogen (secondary N) is 3. The number of benzene rings is 2. The maximum atomic E-state index is 12.4. The van der Waals surface area contributed by atoms with Crippen molar-refractivity contribution in [2.24, 2.45) is 0 Å². The van der Waals surface area contributed by atoms with E-state index < -0.39 is 5.97 Å². The van der Waals surface area contributed by atoms with Crippen LogP contribution in [0.25, 0.3) is 0 Å². The van der Waals surface area contributed by atoms with E-state index in [1.165, 1.54) is 7.11 Å². The summed E-state index contributed by atoms with van der Waals surface area (Å²) < 4.78 is 4.69. The lowest BCUT2D eigenvalue weighted by atomic mass is 10.0. The van der Waals surface area contributed by atoms with E-state index >= 15 is 0 Å². The van der Waals surface area contributed by atoms with Gasteiger partial charge in [0, 0.05) is 11.7 Å². The van der Waals surface area contributed by atoms with Gasteiger partial charge in [-0.05, 0) is 30.2 Å². The van der Waals surface area contributed by atoms with Crippen molar-refractivity contribution in [2.75, 3.05) is 12.4 Å². The highest BCUT2D eigenvalue weighted by molar-refractivity contribution is 5.97. The van der Waals surface area contributed by atoms with E-state index in [2.05, 4.69) is 20.9 Å². The number of ether oxygens (including phenoxy) is 1. The SMILES string of the molecule is COC(=O)c1cccc(NC(=O)C2CC(c3ccccc3)NN2)c1. The second-order valence-corrected chi connectivity index (χ2v) is 5.60. The molecule has 2 atom stereocenters. The molecular weight excluding hydrogens is 306 g/mol. The van der Waals surface area contributed by atoms with Crippen molar-refractivity contribution >= 4 is 17.6 Å². The molecule has 24 heavy (non-hydrogen) atoms. The summed E-state index contributed by atoms with van der Waals surface area (Å²) in [6.45, 7) is 0. The number of esters is 1. The fourth-order valence-corrected chi connectivity index (χ4v) is 2.70. The molecule has 1 saturated heterocycles. The first-order valence-electron chi connectivity index (χ1n) is 7.72. The lowest BCUT2D eigenvalue weighted by Gasteiger charge is -2.11. The fraction of sp³-hybridized carbons (Fsp3) is 0.222. The zero-order valence-corrected chi connectivity index (χ0v) is 13.3. The normalized spacial score (nSPS) is 19.7. The number of carbonyl (C=O) groups is 2. The number of amides is 1. The fourth-order valence-electron chi connectivity index (χ4n) is 2.70. The van der Waals surface area contributed by atoms with E-state index in [1.807, 2.05) is 30.3 Å². The first kappa shape index (κ1) is 16.2. The van der Waals surface area contributed by atoms with Crippen molar-refractivity contribution in [3.05, 3.63) is 65.7 Å². The topological polar surface area (TPSA) is 79.5 Å². The first-order chi connectivity index (χ1) is 11.7. The smallest absolute Gasteiger partial charge is 0.337 e. The molecule has 0 saturated carbocycles. The Hall–Kier alpha value is -2.70. The third-order valence-electron chi connectivity index (χ3n) is 3.97. The largest absolute Gasteiger partial charge is 0.465 e. The van der Waals surface area contributed by atoms with Crippen LogP contribution in [-0.2, 0) is 9.53 Å². The molecule has 2 aromatic carbocycles. The summed E-state index contributed by atoms with van der Waals surface area (Å²) in [6.07, 6.45) is 0.645. The third-order valence-corrected chi connectivity index (χ3v) is 3.97. The van der Waals surface area contributed by atoms with Crippen molar-refractivity contribution in [3.8, 4) is 0 Å². The summed E-state index contributed by atoms with van der Waals surface area (Å²) in [6, 6.07) is 16.4. The monoisotopic (exact) mass is 325 g/mol. The van der Waals surface area contributed by atoms with Gasteiger partial charge in [-0.25, -0.2) is 15.6 Å². The minimum Gasteiger partial charge on any atom is -0.465 e. The van der Waals surface area contributed by atoms with E-state index in [9.17, 15) is 9.59 Å². The van der Waals surface area contributed by atoms with Gasteiger partial charge in [-0.15, -0.1) is 0 Å². The molecule has 1 heterocycles. The van der Waals surface area contributed by atoms with Crippen LogP contribution in [0.3, 0.4) is 0 Å². The minimum absolute atomic E-state index is 0.0864. The molecule has 3 N–H and O–H groups in total. The molecule has 1 fully saturated rings. The Balaban J connectivity index is 1.63. The van der Waals surface area contributed by atoms with Gasteiger partial charge in [-0.2, -0.15) is 0 Å². The molecule has 1 aliphatic rings. The molecule has 0 aromatic heterocycles. The van der Waals surface area contributed by atoms with Crippen LogP contribution in [0.4, 0.5) is 5.69 Å². The Morgan fingerprint density at radius 3 is 2.62 bits per heavy atom. The van der Waals surface area contributed by atoms with Crippen molar-refractivity contribution in [1.29, 1.82) is 0 Å². The van der Waals surface area contributed by atoms with Crippen LogP contribution in [0, 0.1) is 0 Å². The van der Waals surface area contributed by atoms with E-state index in [-0.39, 0.29) is 18.0 Å². The van der Waals surface area contributed by atoms with Crippen LogP contribution in [0.15, 0.2) is 54.6 Å². The van der Waals surface area contributed by atoms with E-state index in [1.54, 1.807) is 24.3 Å². The highest BCUT2D eigenvalue weighted by atomic mass is 16.5. The van der Waals surface area contributed by atoms with Crippen LogP contribution >= 0.6 is 0 Å². The van der Waals surface area contributed by atoms with Crippen molar-refractivity contribution in [2.45, 2.75) is 18.5 Å². The number of methoxy groups -OCH3 is 1. The highest BCUT2D eigenvalue weighted by Gasteiger charge is 2.30. The second kappa shape index (κ2) is 7.25. The maximum absolute atomic E-state index is 12.4. The maximum Gasteiger partial charge on any atom is 0.337 e. The summed E-state index contributed by atoms with van der Waals surface area (Å²) >= 11 is 0.